The lowest BCUT2D eigenvalue weighted by Gasteiger charge is -2.16. The topological polar surface area (TPSA) is 101 Å². The maximum atomic E-state index is 13.1. The summed E-state index contributed by atoms with van der Waals surface area (Å²) in [7, 11) is -4.37. The second kappa shape index (κ2) is 7.00. The number of rotatable bonds is 5. The van der Waals surface area contributed by atoms with Crippen molar-refractivity contribution in [2.75, 3.05) is 4.72 Å². The maximum absolute atomic E-state index is 13.1. The minimum absolute atomic E-state index is 0.0657. The molecule has 11 heteroatoms. The first-order valence-electron chi connectivity index (χ1n) is 7.65. The molecule has 0 unspecified atom stereocenters. The number of aromatic carboxylic acids is 1. The molecule has 0 aliphatic carbocycles. The summed E-state index contributed by atoms with van der Waals surface area (Å²) >= 11 is 0. The summed E-state index contributed by atoms with van der Waals surface area (Å²) in [5, 5.41) is 12.9. The molecule has 0 radical (unpaired) electrons. The predicted molar refractivity (Wildman–Crippen MR) is 92.8 cm³/mol. The van der Waals surface area contributed by atoms with E-state index in [4.69, 9.17) is 5.11 Å². The number of nitrogens with one attached hydrogen (secondary N) is 1. The van der Waals surface area contributed by atoms with Crippen LogP contribution in [-0.2, 0) is 16.2 Å². The summed E-state index contributed by atoms with van der Waals surface area (Å²) in [6, 6.07) is 8.52. The monoisotopic (exact) mass is 411 g/mol. The van der Waals surface area contributed by atoms with Gasteiger partial charge in [-0.1, -0.05) is 6.07 Å². The van der Waals surface area contributed by atoms with Gasteiger partial charge in [0.1, 0.15) is 0 Å². The van der Waals surface area contributed by atoms with Gasteiger partial charge in [-0.05, 0) is 42.5 Å². The van der Waals surface area contributed by atoms with Crippen LogP contribution in [0.15, 0.2) is 65.8 Å². The number of hydrogen-bond donors (Lipinski definition) is 2. The Bertz CT molecular complexity index is 1130. The largest absolute Gasteiger partial charge is 0.478 e. The van der Waals surface area contributed by atoms with Crippen molar-refractivity contribution in [3.05, 3.63) is 72.1 Å². The minimum atomic E-state index is -4.69. The smallest absolute Gasteiger partial charge is 0.416 e. The Hall–Kier alpha value is -3.34. The van der Waals surface area contributed by atoms with Gasteiger partial charge in [-0.3, -0.25) is 4.72 Å². The number of hydrogen-bond acceptors (Lipinski definition) is 4. The van der Waals surface area contributed by atoms with Crippen LogP contribution in [-0.4, -0.2) is 29.3 Å². The molecule has 2 N–H and O–H groups in total. The molecular formula is C17H12F3N3O4S. The number of carbonyl (C=O) groups is 1. The van der Waals surface area contributed by atoms with Crippen LogP contribution in [0.4, 0.5) is 18.9 Å². The number of carboxylic acids is 1. The second-order valence-electron chi connectivity index (χ2n) is 5.62. The highest BCUT2D eigenvalue weighted by molar-refractivity contribution is 7.92. The molecule has 0 spiro atoms. The lowest BCUT2D eigenvalue weighted by Crippen LogP contribution is -2.17. The van der Waals surface area contributed by atoms with E-state index in [-0.39, 0.29) is 16.9 Å². The van der Waals surface area contributed by atoms with Crippen LogP contribution >= 0.6 is 0 Å². The van der Waals surface area contributed by atoms with E-state index in [1.807, 2.05) is 0 Å². The Balaban J connectivity index is 2.09. The van der Waals surface area contributed by atoms with Gasteiger partial charge in [-0.2, -0.15) is 18.3 Å². The van der Waals surface area contributed by atoms with Gasteiger partial charge in [0, 0.05) is 12.4 Å². The van der Waals surface area contributed by atoms with Crippen LogP contribution in [0.25, 0.3) is 5.69 Å². The molecule has 3 aromatic rings. The average molecular weight is 411 g/mol. The average Bonchev–Trinajstić information content (AvgIpc) is 3.15. The second-order valence-corrected chi connectivity index (χ2v) is 7.30. The summed E-state index contributed by atoms with van der Waals surface area (Å²) in [5.74, 6) is -1.34. The molecule has 0 bridgehead atoms. The summed E-state index contributed by atoms with van der Waals surface area (Å²) in [6.07, 6.45) is -1.87. The van der Waals surface area contributed by atoms with Gasteiger partial charge in [0.2, 0.25) is 0 Å². The first kappa shape index (κ1) is 19.4. The van der Waals surface area contributed by atoms with E-state index >= 15 is 0 Å². The Kier molecular flexibility index (Phi) is 4.86. The Morgan fingerprint density at radius 1 is 1.11 bits per heavy atom. The van der Waals surface area contributed by atoms with Gasteiger partial charge in [-0.15, -0.1) is 0 Å². The minimum Gasteiger partial charge on any atom is -0.478 e. The van der Waals surface area contributed by atoms with Crippen LogP contribution in [0.1, 0.15) is 15.9 Å². The van der Waals surface area contributed by atoms with E-state index in [0.29, 0.717) is 6.07 Å². The standard InChI is InChI=1S/C17H12F3N3O4S/c18-17(19,20)12-5-6-15(23-8-2-7-21-23)14(10-12)22-28(26,27)13-4-1-3-11(9-13)16(24)25/h1-10,22H,(H,24,25). The third-order valence-electron chi connectivity index (χ3n) is 3.71. The van der Waals surface area contributed by atoms with Crippen molar-refractivity contribution in [3.63, 3.8) is 0 Å². The molecular weight excluding hydrogens is 399 g/mol. The van der Waals surface area contributed by atoms with Crippen LogP contribution < -0.4 is 4.72 Å². The van der Waals surface area contributed by atoms with E-state index in [9.17, 15) is 26.4 Å². The molecule has 0 amide bonds. The molecule has 146 valence electrons. The normalized spacial score (nSPS) is 12.0. The van der Waals surface area contributed by atoms with Crippen molar-refractivity contribution in [1.82, 2.24) is 9.78 Å². The molecule has 3 rings (SSSR count). The molecule has 1 aromatic heterocycles. The summed E-state index contributed by atoms with van der Waals surface area (Å²) in [6.45, 7) is 0. The Labute approximate surface area is 157 Å². The number of alkyl halides is 3. The van der Waals surface area contributed by atoms with Crippen molar-refractivity contribution < 1.29 is 31.5 Å². The molecule has 7 nitrogen and oxygen atoms in total. The van der Waals surface area contributed by atoms with Crippen molar-refractivity contribution >= 4 is 21.7 Å². The van der Waals surface area contributed by atoms with Crippen molar-refractivity contribution in [1.29, 1.82) is 0 Å². The molecule has 1 heterocycles. The molecule has 0 saturated carbocycles. The van der Waals surface area contributed by atoms with E-state index in [1.165, 1.54) is 35.3 Å². The van der Waals surface area contributed by atoms with Crippen molar-refractivity contribution in [2.45, 2.75) is 11.1 Å². The molecule has 2 aromatic carbocycles. The molecule has 28 heavy (non-hydrogen) atoms. The third kappa shape index (κ3) is 3.98. The lowest BCUT2D eigenvalue weighted by atomic mass is 10.1. The summed E-state index contributed by atoms with van der Waals surface area (Å²) in [5.41, 5.74) is -1.63. The van der Waals surface area contributed by atoms with Gasteiger partial charge in [0.05, 0.1) is 27.4 Å². The Morgan fingerprint density at radius 2 is 1.86 bits per heavy atom. The number of sulfonamides is 1. The molecule has 0 atom stereocenters. The van der Waals surface area contributed by atoms with Crippen LogP contribution in [0.3, 0.4) is 0 Å². The van der Waals surface area contributed by atoms with Gasteiger partial charge >= 0.3 is 12.1 Å². The van der Waals surface area contributed by atoms with Crippen LogP contribution in [0.5, 0.6) is 0 Å². The number of nitrogens with zero attached hydrogens (tertiary/aromatic N) is 2. The molecule has 0 aliphatic rings. The summed E-state index contributed by atoms with van der Waals surface area (Å²) in [4.78, 5) is 10.6. The maximum Gasteiger partial charge on any atom is 0.416 e. The fourth-order valence-electron chi connectivity index (χ4n) is 2.41. The Morgan fingerprint density at radius 3 is 2.46 bits per heavy atom. The van der Waals surface area contributed by atoms with Gasteiger partial charge in [0.25, 0.3) is 10.0 Å². The van der Waals surface area contributed by atoms with Crippen molar-refractivity contribution in [2.24, 2.45) is 0 Å². The van der Waals surface area contributed by atoms with E-state index in [2.05, 4.69) is 9.82 Å². The first-order chi connectivity index (χ1) is 13.1. The quantitative estimate of drug-likeness (QED) is 0.670. The predicted octanol–water partition coefficient (Wildman–Crippen LogP) is 3.39. The van der Waals surface area contributed by atoms with E-state index in [0.717, 1.165) is 24.3 Å². The number of benzene rings is 2. The highest BCUT2D eigenvalue weighted by Gasteiger charge is 2.32. The first-order valence-corrected chi connectivity index (χ1v) is 9.14. The molecule has 0 fully saturated rings. The zero-order chi connectivity index (χ0) is 20.5. The van der Waals surface area contributed by atoms with Crippen LogP contribution in [0, 0.1) is 0 Å². The highest BCUT2D eigenvalue weighted by atomic mass is 32.2. The number of carboxylic acid groups (broad SMARTS) is 1. The van der Waals surface area contributed by atoms with Gasteiger partial charge < -0.3 is 5.11 Å². The van der Waals surface area contributed by atoms with Gasteiger partial charge in [-0.25, -0.2) is 17.9 Å². The summed E-state index contributed by atoms with van der Waals surface area (Å²) < 4.78 is 67.8. The highest BCUT2D eigenvalue weighted by Crippen LogP contribution is 2.34. The number of halogens is 3. The van der Waals surface area contributed by atoms with Crippen molar-refractivity contribution in [3.8, 4) is 5.69 Å². The van der Waals surface area contributed by atoms with E-state index < -0.39 is 32.6 Å². The number of anilines is 1. The lowest BCUT2D eigenvalue weighted by molar-refractivity contribution is -0.137. The fraction of sp³-hybridized carbons (Fsp3) is 0.0588. The molecule has 0 saturated heterocycles. The zero-order valence-corrected chi connectivity index (χ0v) is 14.7. The van der Waals surface area contributed by atoms with E-state index in [1.54, 1.807) is 0 Å². The molecule has 0 aliphatic heterocycles. The van der Waals surface area contributed by atoms with Crippen LogP contribution in [0.2, 0.25) is 0 Å². The third-order valence-corrected chi connectivity index (χ3v) is 5.07. The SMILES string of the molecule is O=C(O)c1cccc(S(=O)(=O)Nc2cc(C(F)(F)F)ccc2-n2cccn2)c1. The zero-order valence-electron chi connectivity index (χ0n) is 13.9. The van der Waals surface area contributed by atoms with Gasteiger partial charge in [0.15, 0.2) is 0 Å². The fourth-order valence-corrected chi connectivity index (χ4v) is 3.52. The number of aromatic nitrogens is 2.